The van der Waals surface area contributed by atoms with Gasteiger partial charge in [0.25, 0.3) is 0 Å². The number of anilines is 1. The van der Waals surface area contributed by atoms with Gasteiger partial charge in [0.15, 0.2) is 11.5 Å². The van der Waals surface area contributed by atoms with E-state index in [2.05, 4.69) is 40.2 Å². The van der Waals surface area contributed by atoms with E-state index in [1.165, 1.54) is 5.56 Å². The summed E-state index contributed by atoms with van der Waals surface area (Å²) in [6.45, 7) is 2.96. The normalized spacial score (nSPS) is 13.8. The Hall–Kier alpha value is -5.58. The van der Waals surface area contributed by atoms with E-state index in [1.807, 2.05) is 41.0 Å². The summed E-state index contributed by atoms with van der Waals surface area (Å²) in [6, 6.07) is 26.2. The average Bonchev–Trinajstić information content (AvgIpc) is 3.33. The topological polar surface area (TPSA) is 123 Å². The SMILES string of the molecule is N#Cc1ccc(-c2ccc3nc(-c4cccnc4N)n(-c4ccc(CN5CCC(N)CC5)cc4)c3n2)cc1.[CH3-].[Fm]. The number of nitrogens with zero attached hydrogens (tertiary/aromatic N) is 6. The standard InChI is InChI=1S/C30H28N8.CH3.Fm/c31-18-20-3-7-22(8-4-20)26-11-12-27-30(35-26)38(29(36-27)25-2-1-15-34-28(25)33)24-9-5-21(6-10-24)19-37-16-13-23(32)14-17-37;;/h1-12,15,23H,13-14,16-17,19,32H2,(H2,33,34);1H3;/q;-1;. The third-order valence-electron chi connectivity index (χ3n) is 7.13. The second-order valence-electron chi connectivity index (χ2n) is 9.72. The van der Waals surface area contributed by atoms with Gasteiger partial charge < -0.3 is 18.9 Å². The molecular formula is C31H31FmN8-. The van der Waals surface area contributed by atoms with Gasteiger partial charge in [-0.05, 0) is 80.0 Å². The number of rotatable bonds is 5. The second-order valence-corrected chi connectivity index (χ2v) is 9.72. The summed E-state index contributed by atoms with van der Waals surface area (Å²) in [4.78, 5) is 16.7. The second kappa shape index (κ2) is 11.4. The first-order valence-corrected chi connectivity index (χ1v) is 12.8. The number of pyridine rings is 2. The molecule has 0 spiro atoms. The molecule has 4 N–H and O–H groups in total. The maximum atomic E-state index is 9.16. The maximum Gasteiger partial charge on any atom is 0.165 e. The summed E-state index contributed by atoms with van der Waals surface area (Å²) in [5, 5.41) is 9.16. The van der Waals surface area contributed by atoms with Crippen LogP contribution in [-0.2, 0) is 6.54 Å². The predicted octanol–water partition coefficient (Wildman–Crippen LogP) is 4.98. The summed E-state index contributed by atoms with van der Waals surface area (Å²) in [5.74, 6) is 1.10. The first kappa shape index (κ1) is 27.5. The first-order chi connectivity index (χ1) is 18.6. The number of piperidine rings is 1. The quantitative estimate of drug-likeness (QED) is 0.242. The van der Waals surface area contributed by atoms with Crippen LogP contribution in [0.5, 0.6) is 0 Å². The van der Waals surface area contributed by atoms with Crippen molar-refractivity contribution in [3.8, 4) is 34.4 Å². The van der Waals surface area contributed by atoms with Gasteiger partial charge >= 0.3 is 0 Å². The number of nitriles is 1. The Morgan fingerprint density at radius 3 is 2.33 bits per heavy atom. The molecule has 1 aliphatic rings. The van der Waals surface area contributed by atoms with Gasteiger partial charge in [-0.15, -0.1) is 0 Å². The Labute approximate surface area is 228 Å². The van der Waals surface area contributed by atoms with Crippen LogP contribution in [0.2, 0.25) is 0 Å². The third-order valence-corrected chi connectivity index (χ3v) is 7.13. The molecule has 0 aliphatic carbocycles. The van der Waals surface area contributed by atoms with Gasteiger partial charge in [0.1, 0.15) is 11.3 Å². The van der Waals surface area contributed by atoms with E-state index >= 15 is 0 Å². The minimum Gasteiger partial charge on any atom is -0.383 e. The minimum absolute atomic E-state index is 0. The molecule has 1 aliphatic heterocycles. The van der Waals surface area contributed by atoms with Crippen molar-refractivity contribution >= 4 is 17.0 Å². The number of nitrogen functional groups attached to an aromatic ring is 1. The van der Waals surface area contributed by atoms with Crippen molar-refractivity contribution in [2.45, 2.75) is 25.4 Å². The van der Waals surface area contributed by atoms with Gasteiger partial charge in [0, 0.05) is 30.0 Å². The van der Waals surface area contributed by atoms with Crippen LogP contribution in [-0.4, -0.2) is 43.6 Å². The molecule has 2 aromatic carbocycles. The van der Waals surface area contributed by atoms with Crippen molar-refractivity contribution in [1.29, 1.82) is 5.26 Å². The molecule has 4 heterocycles. The molecule has 1 fully saturated rings. The molecule has 0 unspecified atom stereocenters. The number of likely N-dealkylation sites (tertiary alicyclic amines) is 1. The number of hydrogen-bond acceptors (Lipinski definition) is 7. The van der Waals surface area contributed by atoms with Crippen molar-refractivity contribution in [3.63, 3.8) is 0 Å². The fraction of sp³-hybridized carbons (Fsp3) is 0.194. The summed E-state index contributed by atoms with van der Waals surface area (Å²) >= 11 is 0. The zero-order valence-electron chi connectivity index (χ0n) is 22.2. The van der Waals surface area contributed by atoms with Crippen molar-refractivity contribution in [3.05, 3.63) is 97.5 Å². The van der Waals surface area contributed by atoms with E-state index in [1.54, 1.807) is 18.3 Å². The largest absolute Gasteiger partial charge is 0.383 e. The molecule has 0 amide bonds. The number of benzene rings is 2. The van der Waals surface area contributed by atoms with Gasteiger partial charge in [-0.25, -0.2) is 15.0 Å². The minimum atomic E-state index is 0. The molecule has 0 atom stereocenters. The Morgan fingerprint density at radius 1 is 0.925 bits per heavy atom. The number of aromatic nitrogens is 4. The van der Waals surface area contributed by atoms with Crippen LogP contribution in [0, 0.1) is 18.8 Å². The van der Waals surface area contributed by atoms with E-state index in [9.17, 15) is 0 Å². The molecule has 8 nitrogen and oxygen atoms in total. The average molecular weight is 773 g/mol. The number of hydrogen-bond donors (Lipinski definition) is 2. The Morgan fingerprint density at radius 2 is 1.65 bits per heavy atom. The van der Waals surface area contributed by atoms with Crippen LogP contribution in [0.25, 0.3) is 39.5 Å². The van der Waals surface area contributed by atoms with Crippen molar-refractivity contribution in [2.24, 2.45) is 5.73 Å². The summed E-state index contributed by atoms with van der Waals surface area (Å²) in [7, 11) is 0. The molecule has 1 saturated heterocycles. The van der Waals surface area contributed by atoms with Crippen LogP contribution in [0.3, 0.4) is 0 Å². The van der Waals surface area contributed by atoms with E-state index in [0.29, 0.717) is 23.2 Å². The fourth-order valence-electron chi connectivity index (χ4n) is 4.99. The maximum absolute atomic E-state index is 9.16. The van der Waals surface area contributed by atoms with Gasteiger partial charge in [-0.1, -0.05) is 24.3 Å². The van der Waals surface area contributed by atoms with E-state index in [0.717, 1.165) is 66.1 Å². The van der Waals surface area contributed by atoms with Crippen molar-refractivity contribution in [1.82, 2.24) is 24.4 Å². The Kier molecular flexibility index (Phi) is 7.85. The number of nitrogens with two attached hydrogens (primary N) is 2. The number of fused-ring (bicyclic) bond motifs is 1. The van der Waals surface area contributed by atoms with Gasteiger partial charge in [-0.2, -0.15) is 5.26 Å². The van der Waals surface area contributed by atoms with E-state index in [-0.39, 0.29) is 7.43 Å². The molecule has 3 aromatic heterocycles. The molecule has 6 rings (SSSR count). The van der Waals surface area contributed by atoms with E-state index in [4.69, 9.17) is 26.7 Å². The Bertz CT molecular complexity index is 1630. The van der Waals surface area contributed by atoms with Gasteiger partial charge in [0.2, 0.25) is 0 Å². The summed E-state index contributed by atoms with van der Waals surface area (Å²) < 4.78 is 2.04. The molecular weight excluding hydrogens is 741 g/mol. The van der Waals surface area contributed by atoms with Crippen LogP contribution in [0.1, 0.15) is 24.0 Å². The molecule has 9 heteroatoms. The smallest absolute Gasteiger partial charge is 0.165 e. The molecule has 0 saturated carbocycles. The van der Waals surface area contributed by atoms with Crippen LogP contribution < -0.4 is 11.5 Å². The fourth-order valence-corrected chi connectivity index (χ4v) is 4.99. The van der Waals surface area contributed by atoms with Crippen LogP contribution in [0.15, 0.2) is 79.0 Å². The van der Waals surface area contributed by atoms with Crippen LogP contribution >= 0.6 is 0 Å². The Balaban J connectivity index is 0.00000185. The first-order valence-electron chi connectivity index (χ1n) is 12.8. The van der Waals surface area contributed by atoms with Gasteiger partial charge in [-0.3, -0.25) is 9.47 Å². The van der Waals surface area contributed by atoms with Crippen molar-refractivity contribution in [2.75, 3.05) is 18.8 Å². The summed E-state index contributed by atoms with van der Waals surface area (Å²) in [5.41, 5.74) is 19.1. The van der Waals surface area contributed by atoms with Gasteiger partial charge in [0.05, 0.1) is 22.9 Å². The van der Waals surface area contributed by atoms with Crippen molar-refractivity contribution < 1.29 is 0 Å². The number of imidazole rings is 1. The molecule has 40 heavy (non-hydrogen) atoms. The van der Waals surface area contributed by atoms with E-state index < -0.39 is 0 Å². The molecule has 208 valence electrons. The molecule has 0 radical (unpaired) electrons. The molecule has 5 aromatic rings. The molecule has 0 bridgehead atoms. The monoisotopic (exact) mass is 772 g/mol. The zero-order valence-corrected chi connectivity index (χ0v) is 24.6. The summed E-state index contributed by atoms with van der Waals surface area (Å²) in [6.07, 6.45) is 3.76. The third kappa shape index (κ3) is 5.20. The van der Waals surface area contributed by atoms with Crippen LogP contribution in [0.4, 0.5) is 5.82 Å². The zero-order chi connectivity index (χ0) is 26.1. The predicted molar refractivity (Wildman–Crippen MR) is 156 cm³/mol.